The molecule has 0 unspecified atom stereocenters. The Morgan fingerprint density at radius 3 is 2.45 bits per heavy atom. The van der Waals surface area contributed by atoms with Crippen LogP contribution in [0.5, 0.6) is 0 Å². The van der Waals surface area contributed by atoms with Crippen molar-refractivity contribution in [2.75, 3.05) is 11.1 Å². The molecule has 31 heavy (non-hydrogen) atoms. The predicted octanol–water partition coefficient (Wildman–Crippen LogP) is 3.91. The van der Waals surface area contributed by atoms with Gasteiger partial charge >= 0.3 is 0 Å². The van der Waals surface area contributed by atoms with Gasteiger partial charge in [-0.1, -0.05) is 35.5 Å². The molecule has 0 aliphatic carbocycles. The number of halogens is 1. The number of rotatable bonds is 6. The van der Waals surface area contributed by atoms with Crippen LogP contribution in [0.4, 0.5) is 5.69 Å². The number of aryl methyl sites for hydroxylation is 3. The summed E-state index contributed by atoms with van der Waals surface area (Å²) in [7, 11) is -4.08. The number of H-pyrrole nitrogens is 1. The number of aromatic nitrogens is 2. The molecule has 0 fully saturated rings. The Hall–Kier alpha value is -2.62. The molecule has 7 nitrogen and oxygen atoms in total. The van der Waals surface area contributed by atoms with E-state index in [0.29, 0.717) is 5.69 Å². The Morgan fingerprint density at radius 1 is 1.10 bits per heavy atom. The number of carbonyl (C=O) groups excluding carboxylic acids is 1. The molecule has 10 heteroatoms. The summed E-state index contributed by atoms with van der Waals surface area (Å²) in [6.07, 6.45) is 0.992. The molecule has 1 amide bonds. The molecule has 2 aromatic carbocycles. The van der Waals surface area contributed by atoms with Gasteiger partial charge in [0.1, 0.15) is 0 Å². The minimum Gasteiger partial charge on any atom is -0.325 e. The molecular weight excluding hydrogens is 458 g/mol. The summed E-state index contributed by atoms with van der Waals surface area (Å²) < 4.78 is 25.5. The number of benzene rings is 2. The molecule has 0 atom stereocenters. The average Bonchev–Trinajstić information content (AvgIpc) is 2.71. The number of nitrogens with one attached hydrogen (secondary N) is 2. The second kappa shape index (κ2) is 9.25. The predicted molar refractivity (Wildman–Crippen MR) is 122 cm³/mol. The number of amides is 1. The maximum Gasteiger partial charge on any atom is 0.270 e. The molecule has 2 N–H and O–H groups in total. The minimum absolute atomic E-state index is 0.00443. The van der Waals surface area contributed by atoms with Gasteiger partial charge in [-0.05, 0) is 61.7 Å². The summed E-state index contributed by atoms with van der Waals surface area (Å²) in [5, 5.41) is 3.20. The number of hydrogen-bond acceptors (Lipinski definition) is 6. The van der Waals surface area contributed by atoms with Crippen LogP contribution in [0.1, 0.15) is 16.7 Å². The highest BCUT2D eigenvalue weighted by atomic mass is 35.5. The lowest BCUT2D eigenvalue weighted by Crippen LogP contribution is -2.20. The van der Waals surface area contributed by atoms with E-state index < -0.39 is 20.3 Å². The molecule has 3 rings (SSSR count). The van der Waals surface area contributed by atoms with Crippen molar-refractivity contribution in [3.05, 3.63) is 74.7 Å². The van der Waals surface area contributed by atoms with E-state index in [0.717, 1.165) is 34.6 Å². The zero-order valence-corrected chi connectivity index (χ0v) is 19.4. The van der Waals surface area contributed by atoms with Crippen LogP contribution < -0.4 is 10.9 Å². The second-order valence-corrected chi connectivity index (χ2v) is 10.2. The summed E-state index contributed by atoms with van der Waals surface area (Å²) in [4.78, 5) is 30.4. The van der Waals surface area contributed by atoms with Crippen molar-refractivity contribution >= 4 is 44.8 Å². The largest absolute Gasteiger partial charge is 0.325 e. The van der Waals surface area contributed by atoms with Crippen LogP contribution in [0.2, 0.25) is 5.02 Å². The summed E-state index contributed by atoms with van der Waals surface area (Å²) in [6, 6.07) is 9.84. The molecule has 0 bridgehead atoms. The molecule has 162 valence electrons. The van der Waals surface area contributed by atoms with E-state index in [4.69, 9.17) is 11.6 Å². The molecule has 0 radical (unpaired) electrons. The molecule has 0 aliphatic heterocycles. The maximum absolute atomic E-state index is 12.8. The van der Waals surface area contributed by atoms with Crippen molar-refractivity contribution < 1.29 is 13.2 Å². The van der Waals surface area contributed by atoms with Gasteiger partial charge in [0.15, 0.2) is 10.1 Å². The van der Waals surface area contributed by atoms with E-state index >= 15 is 0 Å². The van der Waals surface area contributed by atoms with E-state index in [9.17, 15) is 18.0 Å². The number of carbonyl (C=O) groups is 1. The first-order chi connectivity index (χ1) is 14.6. The SMILES string of the molecule is Cc1ccc(NC(=O)CSc2ncc(S(=O)(=O)c3ccc(C)c(Cl)c3)c(=O)[nH]2)cc1C. The van der Waals surface area contributed by atoms with E-state index in [-0.39, 0.29) is 26.7 Å². The zero-order chi connectivity index (χ0) is 22.8. The van der Waals surface area contributed by atoms with Gasteiger partial charge in [-0.3, -0.25) is 9.59 Å². The summed E-state index contributed by atoms with van der Waals surface area (Å²) in [5.74, 6) is -0.280. The first-order valence-electron chi connectivity index (χ1n) is 9.18. The minimum atomic E-state index is -4.08. The lowest BCUT2D eigenvalue weighted by molar-refractivity contribution is -0.113. The highest BCUT2D eigenvalue weighted by Crippen LogP contribution is 2.24. The normalized spacial score (nSPS) is 11.4. The van der Waals surface area contributed by atoms with Crippen molar-refractivity contribution in [1.29, 1.82) is 0 Å². The number of aromatic amines is 1. The molecule has 0 spiro atoms. The second-order valence-electron chi connectivity index (χ2n) is 6.93. The van der Waals surface area contributed by atoms with E-state index in [1.807, 2.05) is 32.0 Å². The third-order valence-electron chi connectivity index (χ3n) is 4.62. The average molecular weight is 478 g/mol. The lowest BCUT2D eigenvalue weighted by Gasteiger charge is -2.08. The van der Waals surface area contributed by atoms with Gasteiger partial charge in [0.05, 0.1) is 16.8 Å². The Balaban J connectivity index is 1.71. The van der Waals surface area contributed by atoms with Gasteiger partial charge in [-0.25, -0.2) is 13.4 Å². The van der Waals surface area contributed by atoms with Crippen LogP contribution in [0.15, 0.2) is 62.3 Å². The quantitative estimate of drug-likeness (QED) is 0.411. The molecule has 1 heterocycles. The van der Waals surface area contributed by atoms with Gasteiger partial charge < -0.3 is 10.3 Å². The summed E-state index contributed by atoms with van der Waals surface area (Å²) >= 11 is 7.00. The first-order valence-corrected chi connectivity index (χ1v) is 12.0. The van der Waals surface area contributed by atoms with Crippen LogP contribution in [0.25, 0.3) is 0 Å². The fourth-order valence-electron chi connectivity index (χ4n) is 2.65. The lowest BCUT2D eigenvalue weighted by atomic mass is 10.1. The Bertz CT molecular complexity index is 1320. The number of sulfone groups is 1. The maximum atomic E-state index is 12.8. The van der Waals surface area contributed by atoms with Crippen LogP contribution >= 0.6 is 23.4 Å². The number of thioether (sulfide) groups is 1. The zero-order valence-electron chi connectivity index (χ0n) is 17.0. The number of nitrogens with zero attached hydrogens (tertiary/aromatic N) is 1. The van der Waals surface area contributed by atoms with Crippen molar-refractivity contribution in [1.82, 2.24) is 9.97 Å². The van der Waals surface area contributed by atoms with Crippen LogP contribution in [0.3, 0.4) is 0 Å². The van der Waals surface area contributed by atoms with E-state index in [1.165, 1.54) is 12.1 Å². The van der Waals surface area contributed by atoms with Crippen LogP contribution in [-0.4, -0.2) is 30.0 Å². The van der Waals surface area contributed by atoms with Crippen molar-refractivity contribution in [2.24, 2.45) is 0 Å². The topological polar surface area (TPSA) is 109 Å². The molecule has 1 aromatic heterocycles. The van der Waals surface area contributed by atoms with Gasteiger partial charge in [-0.2, -0.15) is 0 Å². The molecule has 0 saturated heterocycles. The number of hydrogen-bond donors (Lipinski definition) is 2. The Morgan fingerprint density at radius 2 is 1.81 bits per heavy atom. The van der Waals surface area contributed by atoms with E-state index in [1.54, 1.807) is 13.0 Å². The van der Waals surface area contributed by atoms with Crippen molar-refractivity contribution in [3.63, 3.8) is 0 Å². The Labute approximate surface area is 189 Å². The first kappa shape index (κ1) is 23.1. The van der Waals surface area contributed by atoms with Crippen molar-refractivity contribution in [2.45, 2.75) is 35.7 Å². The van der Waals surface area contributed by atoms with Gasteiger partial charge in [0.25, 0.3) is 5.56 Å². The summed E-state index contributed by atoms with van der Waals surface area (Å²) in [6.45, 7) is 5.68. The van der Waals surface area contributed by atoms with Crippen LogP contribution in [-0.2, 0) is 14.6 Å². The molecular formula is C21H20ClN3O4S2. The highest BCUT2D eigenvalue weighted by molar-refractivity contribution is 7.99. The molecule has 0 saturated carbocycles. The smallest absolute Gasteiger partial charge is 0.270 e. The third kappa shape index (κ3) is 5.36. The van der Waals surface area contributed by atoms with Gasteiger partial charge in [-0.15, -0.1) is 0 Å². The monoisotopic (exact) mass is 477 g/mol. The fraction of sp³-hybridized carbons (Fsp3) is 0.190. The van der Waals surface area contributed by atoms with Crippen molar-refractivity contribution in [3.8, 4) is 0 Å². The van der Waals surface area contributed by atoms with Gasteiger partial charge in [0, 0.05) is 10.7 Å². The standard InChI is InChI=1S/C21H20ClN3O4S2/c1-12-4-6-15(8-14(12)3)24-19(26)11-30-21-23-10-18(20(27)25-21)31(28,29)16-7-5-13(2)17(22)9-16/h4-10H,11H2,1-3H3,(H,24,26)(H,23,25,27). The third-order valence-corrected chi connectivity index (χ3v) is 7.66. The number of anilines is 1. The highest BCUT2D eigenvalue weighted by Gasteiger charge is 2.23. The fourth-order valence-corrected chi connectivity index (χ4v) is 4.79. The van der Waals surface area contributed by atoms with Gasteiger partial charge in [0.2, 0.25) is 15.7 Å². The molecule has 0 aliphatic rings. The molecule has 3 aromatic rings. The van der Waals surface area contributed by atoms with Crippen LogP contribution in [0, 0.1) is 20.8 Å². The van der Waals surface area contributed by atoms with E-state index in [2.05, 4.69) is 15.3 Å². The summed E-state index contributed by atoms with van der Waals surface area (Å²) in [5.41, 5.74) is 2.76. The Kier molecular flexibility index (Phi) is 6.88.